The van der Waals surface area contributed by atoms with Gasteiger partial charge in [-0.05, 0) is 38.5 Å². The van der Waals surface area contributed by atoms with Crippen molar-refractivity contribution in [3.8, 4) is 0 Å². The van der Waals surface area contributed by atoms with E-state index < -0.39 is 32.3 Å². The van der Waals surface area contributed by atoms with Crippen molar-refractivity contribution in [3.05, 3.63) is 29.6 Å². The molecule has 1 amide bonds. The Morgan fingerprint density at radius 3 is 2.50 bits per heavy atom. The summed E-state index contributed by atoms with van der Waals surface area (Å²) in [5.41, 5.74) is -0.637. The third-order valence-electron chi connectivity index (χ3n) is 2.01. The summed E-state index contributed by atoms with van der Waals surface area (Å²) in [5.74, 6) is -1.16. The molecule has 8 heteroatoms. The van der Waals surface area contributed by atoms with E-state index >= 15 is 0 Å². The number of hydrogen-bond acceptors (Lipinski definition) is 4. The summed E-state index contributed by atoms with van der Waals surface area (Å²) in [5, 5.41) is 2.22. The number of carbonyl (C=O) groups excluding carboxylic acids is 1. The van der Waals surface area contributed by atoms with Gasteiger partial charge in [-0.25, -0.2) is 17.6 Å². The first-order valence-corrected chi connectivity index (χ1v) is 8.15. The highest BCUT2D eigenvalue weighted by molar-refractivity contribution is 8.13. The van der Waals surface area contributed by atoms with Gasteiger partial charge < -0.3 is 4.74 Å². The molecule has 0 saturated heterocycles. The molecule has 0 spiro atoms. The minimum atomic E-state index is -3.76. The predicted octanol–water partition coefficient (Wildman–Crippen LogP) is 3.24. The Labute approximate surface area is 121 Å². The lowest BCUT2D eigenvalue weighted by molar-refractivity contribution is 0.0635. The van der Waals surface area contributed by atoms with E-state index in [1.165, 1.54) is 12.1 Å². The second-order valence-corrected chi connectivity index (χ2v) is 7.90. The third kappa shape index (κ3) is 6.21. The fraction of sp³-hybridized carbons (Fsp3) is 0.417. The highest BCUT2D eigenvalue weighted by Gasteiger charge is 2.18. The zero-order chi connectivity index (χ0) is 15.6. The summed E-state index contributed by atoms with van der Waals surface area (Å²) < 4.78 is 40.5. The molecular formula is C12H15ClFNO4S. The molecule has 1 aromatic carbocycles. The van der Waals surface area contributed by atoms with E-state index in [1.54, 1.807) is 20.8 Å². The molecule has 0 aliphatic rings. The van der Waals surface area contributed by atoms with Gasteiger partial charge in [-0.1, -0.05) is 6.07 Å². The minimum Gasteiger partial charge on any atom is -0.444 e. The van der Waals surface area contributed by atoms with E-state index in [2.05, 4.69) is 5.32 Å². The van der Waals surface area contributed by atoms with Crippen molar-refractivity contribution in [3.63, 3.8) is 0 Å². The van der Waals surface area contributed by atoms with Gasteiger partial charge >= 0.3 is 6.09 Å². The average molecular weight is 324 g/mol. The zero-order valence-electron chi connectivity index (χ0n) is 11.2. The number of halogens is 2. The summed E-state index contributed by atoms with van der Waals surface area (Å²) >= 11 is 0. The van der Waals surface area contributed by atoms with Gasteiger partial charge in [-0.15, -0.1) is 0 Å². The summed E-state index contributed by atoms with van der Waals surface area (Å²) in [6.07, 6.45) is -0.831. The molecule has 0 heterocycles. The Hall–Kier alpha value is -1.34. The lowest BCUT2D eigenvalue weighted by Gasteiger charge is -2.20. The van der Waals surface area contributed by atoms with E-state index in [0.29, 0.717) is 0 Å². The van der Waals surface area contributed by atoms with Crippen LogP contribution in [0.4, 0.5) is 14.9 Å². The lowest BCUT2D eigenvalue weighted by atomic mass is 10.2. The first kappa shape index (κ1) is 16.7. The van der Waals surface area contributed by atoms with Crippen LogP contribution in [0.1, 0.15) is 26.3 Å². The molecule has 0 radical (unpaired) electrons. The van der Waals surface area contributed by atoms with Gasteiger partial charge in [0.1, 0.15) is 11.4 Å². The van der Waals surface area contributed by atoms with Gasteiger partial charge in [0.05, 0.1) is 11.4 Å². The third-order valence-corrected chi connectivity index (χ3v) is 3.01. The molecular weight excluding hydrogens is 309 g/mol. The van der Waals surface area contributed by atoms with Crippen molar-refractivity contribution >= 4 is 31.5 Å². The zero-order valence-corrected chi connectivity index (χ0v) is 12.8. The van der Waals surface area contributed by atoms with Crippen LogP contribution in [0.5, 0.6) is 0 Å². The number of nitrogens with one attached hydrogen (secondary N) is 1. The van der Waals surface area contributed by atoms with Crippen LogP contribution in [0.3, 0.4) is 0 Å². The maximum atomic E-state index is 13.5. The number of rotatable bonds is 3. The Morgan fingerprint density at radius 2 is 2.00 bits per heavy atom. The molecule has 1 aromatic rings. The largest absolute Gasteiger partial charge is 0.444 e. The average Bonchev–Trinajstić information content (AvgIpc) is 2.18. The number of anilines is 1. The summed E-state index contributed by atoms with van der Waals surface area (Å²) in [7, 11) is 1.36. The number of carbonyl (C=O) groups is 1. The van der Waals surface area contributed by atoms with Gasteiger partial charge in [0.2, 0.25) is 9.05 Å². The molecule has 1 N–H and O–H groups in total. The molecule has 0 bridgehead atoms. The number of benzene rings is 1. The van der Waals surface area contributed by atoms with E-state index in [4.69, 9.17) is 15.4 Å². The van der Waals surface area contributed by atoms with Crippen molar-refractivity contribution in [1.29, 1.82) is 0 Å². The van der Waals surface area contributed by atoms with E-state index in [-0.39, 0.29) is 11.3 Å². The Morgan fingerprint density at radius 1 is 1.40 bits per heavy atom. The summed E-state index contributed by atoms with van der Waals surface area (Å²) in [4.78, 5) is 11.5. The maximum absolute atomic E-state index is 13.5. The first-order chi connectivity index (χ1) is 8.96. The van der Waals surface area contributed by atoms with Crippen LogP contribution in [-0.4, -0.2) is 20.1 Å². The van der Waals surface area contributed by atoms with Gasteiger partial charge in [-0.3, -0.25) is 5.32 Å². The number of ether oxygens (including phenoxy) is 1. The van der Waals surface area contributed by atoms with Crippen LogP contribution in [0, 0.1) is 5.82 Å². The van der Waals surface area contributed by atoms with Crippen LogP contribution in [0.15, 0.2) is 18.2 Å². The van der Waals surface area contributed by atoms with Gasteiger partial charge in [-0.2, -0.15) is 0 Å². The molecule has 112 valence electrons. The topological polar surface area (TPSA) is 72.5 Å². The molecule has 0 aliphatic heterocycles. The van der Waals surface area contributed by atoms with Crippen LogP contribution >= 0.6 is 10.7 Å². The molecule has 0 atom stereocenters. The highest BCUT2D eigenvalue weighted by Crippen LogP contribution is 2.20. The van der Waals surface area contributed by atoms with Crippen molar-refractivity contribution < 1.29 is 22.3 Å². The summed E-state index contributed by atoms with van der Waals surface area (Å²) in [6, 6.07) is 3.51. The van der Waals surface area contributed by atoms with E-state index in [9.17, 15) is 17.6 Å². The maximum Gasteiger partial charge on any atom is 0.412 e. The van der Waals surface area contributed by atoms with Crippen molar-refractivity contribution in [1.82, 2.24) is 0 Å². The van der Waals surface area contributed by atoms with Crippen molar-refractivity contribution in [2.45, 2.75) is 32.1 Å². The van der Waals surface area contributed by atoms with Crippen molar-refractivity contribution in [2.75, 3.05) is 5.32 Å². The minimum absolute atomic E-state index is 0.169. The first-order valence-electron chi connectivity index (χ1n) is 5.67. The fourth-order valence-electron chi connectivity index (χ4n) is 1.37. The van der Waals surface area contributed by atoms with Crippen molar-refractivity contribution in [2.24, 2.45) is 0 Å². The van der Waals surface area contributed by atoms with Gasteiger partial charge in [0.15, 0.2) is 0 Å². The van der Waals surface area contributed by atoms with Gasteiger partial charge in [0, 0.05) is 10.7 Å². The van der Waals surface area contributed by atoms with Crippen LogP contribution in [0.2, 0.25) is 0 Å². The molecule has 0 unspecified atom stereocenters. The fourth-order valence-corrected chi connectivity index (χ4v) is 2.33. The molecule has 0 saturated carbocycles. The molecule has 0 fully saturated rings. The van der Waals surface area contributed by atoms with E-state index in [1.807, 2.05) is 0 Å². The van der Waals surface area contributed by atoms with E-state index in [0.717, 1.165) is 6.07 Å². The monoisotopic (exact) mass is 323 g/mol. The lowest BCUT2D eigenvalue weighted by Crippen LogP contribution is -2.27. The highest BCUT2D eigenvalue weighted by atomic mass is 35.7. The van der Waals surface area contributed by atoms with Gasteiger partial charge in [0.25, 0.3) is 0 Å². The standard InChI is InChI=1S/C12H15ClFNO4S/c1-12(2,3)19-11(16)15-10-6-8(4-5-9(10)14)7-20(13,17)18/h4-6H,7H2,1-3H3,(H,15,16). The number of amides is 1. The Balaban J connectivity index is 2.90. The molecule has 0 aliphatic carbocycles. The molecule has 5 nitrogen and oxygen atoms in total. The predicted molar refractivity (Wildman–Crippen MR) is 74.7 cm³/mol. The smallest absolute Gasteiger partial charge is 0.412 e. The molecule has 20 heavy (non-hydrogen) atoms. The second-order valence-electron chi connectivity index (χ2n) is 5.12. The summed E-state index contributed by atoms with van der Waals surface area (Å²) in [6.45, 7) is 5.00. The SMILES string of the molecule is CC(C)(C)OC(=O)Nc1cc(CS(=O)(=O)Cl)ccc1F. The number of hydrogen-bond donors (Lipinski definition) is 1. The molecule has 1 rings (SSSR count). The quantitative estimate of drug-likeness (QED) is 0.867. The molecule has 0 aromatic heterocycles. The Kier molecular flexibility index (Phi) is 4.99. The second kappa shape index (κ2) is 5.97. The Bertz CT molecular complexity index is 610. The van der Waals surface area contributed by atoms with Crippen LogP contribution in [-0.2, 0) is 19.5 Å². The van der Waals surface area contributed by atoms with Crippen LogP contribution in [0.25, 0.3) is 0 Å². The van der Waals surface area contributed by atoms with Crippen LogP contribution < -0.4 is 5.32 Å². The normalized spacial score (nSPS) is 12.1.